The highest BCUT2D eigenvalue weighted by Gasteiger charge is 2.18. The van der Waals surface area contributed by atoms with Gasteiger partial charge in [-0.2, -0.15) is 0 Å². The van der Waals surface area contributed by atoms with E-state index in [1.807, 2.05) is 32.9 Å². The molecule has 3 rings (SSSR count). The molecular weight excluding hydrogens is 362 g/mol. The van der Waals surface area contributed by atoms with Crippen LogP contribution in [0.4, 0.5) is 4.39 Å². The Hall–Kier alpha value is -2.40. The third-order valence-corrected chi connectivity index (χ3v) is 4.67. The van der Waals surface area contributed by atoms with E-state index in [1.165, 1.54) is 12.1 Å². The van der Waals surface area contributed by atoms with Gasteiger partial charge in [0, 0.05) is 17.0 Å². The van der Waals surface area contributed by atoms with Crippen molar-refractivity contribution in [1.82, 2.24) is 10.3 Å². The number of pyridine rings is 1. The van der Waals surface area contributed by atoms with Gasteiger partial charge in [-0.05, 0) is 56.2 Å². The maximum Gasteiger partial charge on any atom is 0.224 e. The van der Waals surface area contributed by atoms with Crippen molar-refractivity contribution in [2.45, 2.75) is 33.2 Å². The SMILES string of the molecule is [B]c1ccc2nc(-c3ccc(F)c(Cl)c3)c(CC(=O)NC(C)C)c(C)c2c1. The van der Waals surface area contributed by atoms with Crippen LogP contribution in [0.2, 0.25) is 5.02 Å². The minimum Gasteiger partial charge on any atom is -0.354 e. The first kappa shape index (κ1) is 19.4. The number of aryl methyl sites for hydroxylation is 1. The summed E-state index contributed by atoms with van der Waals surface area (Å²) in [6.07, 6.45) is 0.159. The molecule has 1 amide bonds. The highest BCUT2D eigenvalue weighted by Crippen LogP contribution is 2.31. The standard InChI is InChI=1S/C21H19BClFN2O/c1-11(2)25-20(27)10-16-12(3)15-9-14(22)5-7-19(15)26-21(16)13-4-6-18(24)17(23)8-13/h4-9,11H,10H2,1-3H3,(H,25,27). The van der Waals surface area contributed by atoms with Crippen LogP contribution in [0.3, 0.4) is 0 Å². The number of carbonyl (C=O) groups is 1. The first-order valence-electron chi connectivity index (χ1n) is 8.69. The zero-order valence-electron chi connectivity index (χ0n) is 15.4. The zero-order valence-corrected chi connectivity index (χ0v) is 16.2. The van der Waals surface area contributed by atoms with Crippen LogP contribution < -0.4 is 10.8 Å². The lowest BCUT2D eigenvalue weighted by Crippen LogP contribution is -2.31. The Labute approximate surface area is 164 Å². The van der Waals surface area contributed by atoms with Crippen LogP contribution in [-0.2, 0) is 11.2 Å². The van der Waals surface area contributed by atoms with Crippen LogP contribution in [0.1, 0.15) is 25.0 Å². The van der Waals surface area contributed by atoms with E-state index < -0.39 is 5.82 Å². The fourth-order valence-electron chi connectivity index (χ4n) is 3.11. The second kappa shape index (κ2) is 7.69. The quantitative estimate of drug-likeness (QED) is 0.698. The van der Waals surface area contributed by atoms with E-state index in [1.54, 1.807) is 12.1 Å². The summed E-state index contributed by atoms with van der Waals surface area (Å²) in [5.41, 5.74) is 4.35. The van der Waals surface area contributed by atoms with E-state index in [-0.39, 0.29) is 23.4 Å². The van der Waals surface area contributed by atoms with Gasteiger partial charge in [0.1, 0.15) is 13.7 Å². The number of halogens is 2. The van der Waals surface area contributed by atoms with Crippen molar-refractivity contribution < 1.29 is 9.18 Å². The van der Waals surface area contributed by atoms with Gasteiger partial charge in [0.05, 0.1) is 22.7 Å². The molecule has 27 heavy (non-hydrogen) atoms. The van der Waals surface area contributed by atoms with Crippen molar-refractivity contribution >= 4 is 41.7 Å². The Morgan fingerprint density at radius 1 is 1.26 bits per heavy atom. The number of benzene rings is 2. The van der Waals surface area contributed by atoms with Gasteiger partial charge in [0.15, 0.2) is 0 Å². The molecule has 6 heteroatoms. The molecule has 0 aliphatic carbocycles. The predicted octanol–water partition coefficient (Wildman–Crippen LogP) is 3.86. The molecule has 0 unspecified atom stereocenters. The van der Waals surface area contributed by atoms with Crippen LogP contribution in [0.5, 0.6) is 0 Å². The van der Waals surface area contributed by atoms with Gasteiger partial charge in [-0.1, -0.05) is 29.2 Å². The molecule has 2 aromatic carbocycles. The summed E-state index contributed by atoms with van der Waals surface area (Å²) in [5, 5.41) is 3.80. The number of nitrogens with one attached hydrogen (secondary N) is 1. The lowest BCUT2D eigenvalue weighted by atomic mass is 9.90. The molecule has 1 heterocycles. The van der Waals surface area contributed by atoms with E-state index in [0.29, 0.717) is 16.7 Å². The highest BCUT2D eigenvalue weighted by atomic mass is 35.5. The summed E-state index contributed by atoms with van der Waals surface area (Å²) in [6, 6.07) is 9.96. The summed E-state index contributed by atoms with van der Waals surface area (Å²) in [4.78, 5) is 17.2. The van der Waals surface area contributed by atoms with Gasteiger partial charge in [-0.15, -0.1) is 0 Å². The van der Waals surface area contributed by atoms with Crippen molar-refractivity contribution in [3.05, 3.63) is 58.4 Å². The van der Waals surface area contributed by atoms with Gasteiger partial charge < -0.3 is 5.32 Å². The second-order valence-electron chi connectivity index (χ2n) is 6.87. The van der Waals surface area contributed by atoms with Gasteiger partial charge in [-0.3, -0.25) is 4.79 Å². The van der Waals surface area contributed by atoms with Crippen LogP contribution in [0.25, 0.3) is 22.2 Å². The summed E-state index contributed by atoms with van der Waals surface area (Å²) in [7, 11) is 5.93. The van der Waals surface area contributed by atoms with Crippen LogP contribution in [0, 0.1) is 12.7 Å². The first-order valence-corrected chi connectivity index (χ1v) is 9.07. The molecule has 1 N–H and O–H groups in total. The molecule has 0 saturated carbocycles. The second-order valence-corrected chi connectivity index (χ2v) is 7.28. The number of carbonyl (C=O) groups excluding carboxylic acids is 1. The maximum absolute atomic E-state index is 13.6. The van der Waals surface area contributed by atoms with E-state index in [4.69, 9.17) is 24.4 Å². The van der Waals surface area contributed by atoms with Crippen molar-refractivity contribution in [2.24, 2.45) is 0 Å². The Kier molecular flexibility index (Phi) is 5.52. The number of hydrogen-bond acceptors (Lipinski definition) is 2. The fourth-order valence-corrected chi connectivity index (χ4v) is 3.29. The topological polar surface area (TPSA) is 42.0 Å². The average Bonchev–Trinajstić information content (AvgIpc) is 2.59. The minimum atomic E-state index is -0.496. The van der Waals surface area contributed by atoms with Gasteiger partial charge in [-0.25, -0.2) is 9.37 Å². The molecule has 0 atom stereocenters. The minimum absolute atomic E-state index is 0.0157. The third kappa shape index (κ3) is 4.14. The summed E-state index contributed by atoms with van der Waals surface area (Å²) in [6.45, 7) is 5.76. The number of hydrogen-bond donors (Lipinski definition) is 1. The number of aromatic nitrogens is 1. The molecular formula is C21H19BClFN2O. The van der Waals surface area contributed by atoms with Gasteiger partial charge in [0.2, 0.25) is 5.91 Å². The molecule has 1 aromatic heterocycles. The van der Waals surface area contributed by atoms with Crippen molar-refractivity contribution in [2.75, 3.05) is 0 Å². The molecule has 3 nitrogen and oxygen atoms in total. The Morgan fingerprint density at radius 2 is 2.00 bits per heavy atom. The Balaban J connectivity index is 2.22. The van der Waals surface area contributed by atoms with Crippen LogP contribution >= 0.6 is 11.6 Å². The first-order chi connectivity index (χ1) is 12.8. The summed E-state index contributed by atoms with van der Waals surface area (Å²) in [5.74, 6) is -0.600. The van der Waals surface area contributed by atoms with Gasteiger partial charge >= 0.3 is 0 Å². The van der Waals surface area contributed by atoms with Crippen molar-refractivity contribution in [3.8, 4) is 11.3 Å². The normalized spacial score (nSPS) is 11.2. The zero-order chi connectivity index (χ0) is 19.7. The molecule has 0 spiro atoms. The van der Waals surface area contributed by atoms with Crippen molar-refractivity contribution in [3.63, 3.8) is 0 Å². The Bertz CT molecular complexity index is 1040. The molecule has 2 radical (unpaired) electrons. The molecule has 3 aromatic rings. The number of fused-ring (bicyclic) bond motifs is 1. The highest BCUT2D eigenvalue weighted by molar-refractivity contribution is 6.33. The molecule has 0 aliphatic heterocycles. The number of amides is 1. The summed E-state index contributed by atoms with van der Waals surface area (Å²) < 4.78 is 13.6. The van der Waals surface area contributed by atoms with Gasteiger partial charge in [0.25, 0.3) is 0 Å². The number of nitrogens with zero attached hydrogens (tertiary/aromatic N) is 1. The smallest absolute Gasteiger partial charge is 0.224 e. The largest absolute Gasteiger partial charge is 0.354 e. The third-order valence-electron chi connectivity index (χ3n) is 4.38. The van der Waals surface area contributed by atoms with Crippen LogP contribution in [-0.4, -0.2) is 24.8 Å². The van der Waals surface area contributed by atoms with Crippen molar-refractivity contribution in [1.29, 1.82) is 0 Å². The summed E-state index contributed by atoms with van der Waals surface area (Å²) >= 11 is 5.97. The molecule has 0 saturated heterocycles. The molecule has 0 bridgehead atoms. The number of rotatable bonds is 4. The fraction of sp³-hybridized carbons (Fsp3) is 0.238. The average molecular weight is 381 g/mol. The molecule has 0 aliphatic rings. The predicted molar refractivity (Wildman–Crippen MR) is 109 cm³/mol. The van der Waals surface area contributed by atoms with E-state index in [0.717, 1.165) is 22.0 Å². The van der Waals surface area contributed by atoms with E-state index in [9.17, 15) is 9.18 Å². The molecule has 0 fully saturated rings. The van der Waals surface area contributed by atoms with E-state index in [2.05, 4.69) is 5.32 Å². The van der Waals surface area contributed by atoms with Crippen LogP contribution in [0.15, 0.2) is 36.4 Å². The lowest BCUT2D eigenvalue weighted by molar-refractivity contribution is -0.120. The Morgan fingerprint density at radius 3 is 2.67 bits per heavy atom. The maximum atomic E-state index is 13.6. The molecule has 136 valence electrons. The lowest BCUT2D eigenvalue weighted by Gasteiger charge is -2.17. The van der Waals surface area contributed by atoms with E-state index >= 15 is 0 Å². The monoisotopic (exact) mass is 380 g/mol.